The topological polar surface area (TPSA) is 96.2 Å². The van der Waals surface area contributed by atoms with Crippen LogP contribution >= 0.6 is 0 Å². The summed E-state index contributed by atoms with van der Waals surface area (Å²) in [6.07, 6.45) is 1.22. The van der Waals surface area contributed by atoms with Gasteiger partial charge in [0.25, 0.3) is 5.56 Å². The molecule has 10 heteroatoms. The summed E-state index contributed by atoms with van der Waals surface area (Å²) in [4.78, 5) is 30.9. The van der Waals surface area contributed by atoms with Crippen molar-refractivity contribution in [3.63, 3.8) is 0 Å². The van der Waals surface area contributed by atoms with Crippen LogP contribution in [0.5, 0.6) is 0 Å². The maximum Gasteiger partial charge on any atom is 0.337 e. The van der Waals surface area contributed by atoms with Gasteiger partial charge in [0.15, 0.2) is 0 Å². The Kier molecular flexibility index (Phi) is 5.55. The number of benzene rings is 1. The van der Waals surface area contributed by atoms with Gasteiger partial charge in [-0.3, -0.25) is 9.20 Å². The summed E-state index contributed by atoms with van der Waals surface area (Å²) >= 11 is 0. The number of pyridine rings is 1. The second-order valence-electron chi connectivity index (χ2n) is 7.26. The zero-order chi connectivity index (χ0) is 22.1. The second kappa shape index (κ2) is 8.31. The Balaban J connectivity index is 1.83. The number of carboxylic acids is 1. The highest BCUT2D eigenvalue weighted by Crippen LogP contribution is 2.25. The first-order valence-corrected chi connectivity index (χ1v) is 9.68. The van der Waals surface area contributed by atoms with Crippen molar-refractivity contribution < 1.29 is 23.4 Å². The molecule has 1 fully saturated rings. The molecular formula is C21H20F2N4O4. The minimum Gasteiger partial charge on any atom is -0.478 e. The van der Waals surface area contributed by atoms with Crippen LogP contribution in [0.1, 0.15) is 28.9 Å². The molecule has 0 bridgehead atoms. The van der Waals surface area contributed by atoms with E-state index in [2.05, 4.69) is 10.3 Å². The van der Waals surface area contributed by atoms with E-state index in [0.717, 1.165) is 18.2 Å². The molecule has 1 atom stereocenters. The molecule has 2 N–H and O–H groups in total. The average molecular weight is 430 g/mol. The number of fused-ring (bicyclic) bond motifs is 1. The summed E-state index contributed by atoms with van der Waals surface area (Å²) in [5.41, 5.74) is 0.299. The lowest BCUT2D eigenvalue weighted by Crippen LogP contribution is -2.37. The molecule has 1 aliphatic heterocycles. The Labute approximate surface area is 175 Å². The van der Waals surface area contributed by atoms with Crippen molar-refractivity contribution in [2.24, 2.45) is 0 Å². The Morgan fingerprint density at radius 3 is 2.48 bits per heavy atom. The molecule has 2 aromatic heterocycles. The lowest BCUT2D eigenvalue weighted by atomic mass is 10.1. The molecular weight excluding hydrogens is 410 g/mol. The predicted molar refractivity (Wildman–Crippen MR) is 110 cm³/mol. The quantitative estimate of drug-likeness (QED) is 0.643. The number of carboxylic acid groups (broad SMARTS) is 1. The van der Waals surface area contributed by atoms with E-state index < -0.39 is 29.2 Å². The summed E-state index contributed by atoms with van der Waals surface area (Å²) in [5.74, 6) is -2.25. The van der Waals surface area contributed by atoms with E-state index in [-0.39, 0.29) is 16.9 Å². The first-order chi connectivity index (χ1) is 14.8. The molecule has 0 unspecified atom stereocenters. The van der Waals surface area contributed by atoms with E-state index >= 15 is 0 Å². The summed E-state index contributed by atoms with van der Waals surface area (Å²) in [5, 5.41) is 12.4. The Hall–Kier alpha value is -3.53. The van der Waals surface area contributed by atoms with Crippen molar-refractivity contribution in [1.29, 1.82) is 0 Å². The fraction of sp³-hybridized carbons (Fsp3) is 0.286. The first-order valence-electron chi connectivity index (χ1n) is 9.68. The van der Waals surface area contributed by atoms with Gasteiger partial charge < -0.3 is 20.1 Å². The van der Waals surface area contributed by atoms with Gasteiger partial charge in [0.1, 0.15) is 23.1 Å². The molecule has 3 aromatic rings. The highest BCUT2D eigenvalue weighted by atomic mass is 19.1. The van der Waals surface area contributed by atoms with Crippen molar-refractivity contribution in [1.82, 2.24) is 9.38 Å². The van der Waals surface area contributed by atoms with Gasteiger partial charge in [0.05, 0.1) is 24.8 Å². The number of hydrogen-bond donors (Lipinski definition) is 2. The minimum absolute atomic E-state index is 0.107. The molecule has 4 rings (SSSR count). The zero-order valence-corrected chi connectivity index (χ0v) is 16.6. The molecule has 0 amide bonds. The lowest BCUT2D eigenvalue weighted by molar-refractivity contribution is 0.0696. The summed E-state index contributed by atoms with van der Waals surface area (Å²) in [7, 11) is 0. The molecule has 162 valence electrons. The van der Waals surface area contributed by atoms with E-state index in [1.54, 1.807) is 6.92 Å². The molecule has 1 saturated heterocycles. The van der Waals surface area contributed by atoms with Gasteiger partial charge in [0.2, 0.25) is 0 Å². The molecule has 31 heavy (non-hydrogen) atoms. The van der Waals surface area contributed by atoms with Gasteiger partial charge in [-0.1, -0.05) is 0 Å². The smallest absolute Gasteiger partial charge is 0.337 e. The Morgan fingerprint density at radius 1 is 1.16 bits per heavy atom. The fourth-order valence-corrected chi connectivity index (χ4v) is 3.57. The molecule has 1 aliphatic rings. The Morgan fingerprint density at radius 2 is 1.84 bits per heavy atom. The number of hydrogen-bond acceptors (Lipinski definition) is 6. The van der Waals surface area contributed by atoms with Crippen LogP contribution < -0.4 is 15.8 Å². The molecule has 0 radical (unpaired) electrons. The van der Waals surface area contributed by atoms with E-state index in [1.807, 2.05) is 4.90 Å². The first kappa shape index (κ1) is 20.7. The lowest BCUT2D eigenvalue weighted by Gasteiger charge is -2.28. The molecule has 0 saturated carbocycles. The maximum absolute atomic E-state index is 13.6. The van der Waals surface area contributed by atoms with Crippen LogP contribution in [-0.2, 0) is 4.74 Å². The van der Waals surface area contributed by atoms with Crippen LogP contribution in [0.15, 0.2) is 41.3 Å². The van der Waals surface area contributed by atoms with Gasteiger partial charge in [-0.25, -0.2) is 18.6 Å². The van der Waals surface area contributed by atoms with Crippen molar-refractivity contribution >= 4 is 23.1 Å². The van der Waals surface area contributed by atoms with Gasteiger partial charge in [-0.2, -0.15) is 0 Å². The number of morpholine rings is 1. The number of nitrogens with zero attached hydrogens (tertiary/aromatic N) is 3. The minimum atomic E-state index is -1.21. The largest absolute Gasteiger partial charge is 0.478 e. The highest BCUT2D eigenvalue weighted by Gasteiger charge is 2.20. The number of aromatic nitrogens is 2. The van der Waals surface area contributed by atoms with E-state index in [9.17, 15) is 23.5 Å². The molecule has 8 nitrogen and oxygen atoms in total. The fourth-order valence-electron chi connectivity index (χ4n) is 3.57. The molecule has 0 spiro atoms. The Bertz CT molecular complexity index is 1190. The van der Waals surface area contributed by atoms with Crippen molar-refractivity contribution in [2.75, 3.05) is 36.5 Å². The van der Waals surface area contributed by atoms with Crippen LogP contribution in [0.4, 0.5) is 20.3 Å². The van der Waals surface area contributed by atoms with Gasteiger partial charge >= 0.3 is 5.97 Å². The van der Waals surface area contributed by atoms with E-state index in [0.29, 0.717) is 37.7 Å². The van der Waals surface area contributed by atoms with E-state index in [1.165, 1.54) is 22.7 Å². The van der Waals surface area contributed by atoms with E-state index in [4.69, 9.17) is 4.74 Å². The molecule has 1 aromatic carbocycles. The third kappa shape index (κ3) is 4.33. The van der Waals surface area contributed by atoms with Gasteiger partial charge in [-0.05, 0) is 25.1 Å². The number of halogens is 2. The SMILES string of the molecule is C[C@H](Nc1cc(F)cc(F)c1)c1cc(C(=O)O)cn2c(=O)cc(N3CCOCC3)nc12. The number of ether oxygens (including phenoxy) is 1. The highest BCUT2D eigenvalue weighted by molar-refractivity contribution is 5.88. The zero-order valence-electron chi connectivity index (χ0n) is 16.6. The molecule has 3 heterocycles. The standard InChI is InChI=1S/C21H20F2N4O4/c1-12(24-16-8-14(22)7-15(23)9-16)17-6-13(21(29)30)11-27-19(28)10-18(25-20(17)27)26-2-4-31-5-3-26/h6-12,24H,2-5H2,1H3,(H,29,30)/t12-/m0/s1. The number of aromatic carboxylic acids is 1. The monoisotopic (exact) mass is 430 g/mol. The van der Waals surface area contributed by atoms with Gasteiger partial charge in [-0.15, -0.1) is 0 Å². The van der Waals surface area contributed by atoms with Crippen molar-refractivity contribution in [3.05, 3.63) is 69.6 Å². The average Bonchev–Trinajstić information content (AvgIpc) is 2.72. The summed E-state index contributed by atoms with van der Waals surface area (Å²) in [6.45, 7) is 3.85. The normalized spacial score (nSPS) is 15.1. The number of nitrogens with one attached hydrogen (secondary N) is 1. The molecule has 0 aliphatic carbocycles. The van der Waals surface area contributed by atoms with Crippen molar-refractivity contribution in [2.45, 2.75) is 13.0 Å². The summed E-state index contributed by atoms with van der Waals surface area (Å²) < 4.78 is 33.7. The van der Waals surface area contributed by atoms with Crippen molar-refractivity contribution in [3.8, 4) is 0 Å². The van der Waals surface area contributed by atoms with Crippen LogP contribution in [0.25, 0.3) is 5.65 Å². The summed E-state index contributed by atoms with van der Waals surface area (Å²) in [6, 6.07) is 5.16. The number of carbonyl (C=O) groups is 1. The van der Waals surface area contributed by atoms with Crippen LogP contribution in [-0.4, -0.2) is 46.8 Å². The third-order valence-electron chi connectivity index (χ3n) is 5.07. The predicted octanol–water partition coefficient (Wildman–Crippen LogP) is 2.68. The second-order valence-corrected chi connectivity index (χ2v) is 7.26. The van der Waals surface area contributed by atoms with Gasteiger partial charge in [0, 0.05) is 42.7 Å². The third-order valence-corrected chi connectivity index (χ3v) is 5.07. The van der Waals surface area contributed by atoms with Crippen LogP contribution in [0, 0.1) is 11.6 Å². The number of anilines is 2. The maximum atomic E-state index is 13.6. The number of rotatable bonds is 5. The van der Waals surface area contributed by atoms with Crippen LogP contribution in [0.3, 0.4) is 0 Å². The van der Waals surface area contributed by atoms with Crippen LogP contribution in [0.2, 0.25) is 0 Å².